The van der Waals surface area contributed by atoms with Crippen molar-refractivity contribution in [3.8, 4) is 0 Å². The van der Waals surface area contributed by atoms with Gasteiger partial charge in [0.25, 0.3) is 0 Å². The van der Waals surface area contributed by atoms with Gasteiger partial charge in [-0.05, 0) is 0 Å². The normalized spacial score (nSPS) is 7.25. The number of halogens is 1. The fraction of sp³-hybridized carbons (Fsp3) is 0. The molecule has 0 fully saturated rings. The summed E-state index contributed by atoms with van der Waals surface area (Å²) in [7, 11) is -5.17. The second-order valence-corrected chi connectivity index (χ2v) is 1.22. The van der Waals surface area contributed by atoms with Crippen LogP contribution >= 0.6 is 0 Å². The molecular weight excluding hydrogens is 242 g/mol. The van der Waals surface area contributed by atoms with Crippen LogP contribution in [0.2, 0.25) is 0 Å². The first-order valence-electron chi connectivity index (χ1n) is 0.667. The molecule has 0 saturated carbocycles. The van der Waals surface area contributed by atoms with Gasteiger partial charge in [-0.25, -0.2) is 0 Å². The van der Waals surface area contributed by atoms with Crippen molar-refractivity contribution in [3.05, 3.63) is 0 Å². The average Bonchev–Trinajstić information content (AvgIpc) is 0.722. The fourth-order valence-corrected chi connectivity index (χ4v) is 0. The molecule has 8 heteroatoms. The maximum absolute atomic E-state index is 8.52. The molecule has 0 amide bonds. The Morgan fingerprint density at radius 1 is 1.12 bits per heavy atom. The summed E-state index contributed by atoms with van der Waals surface area (Å²) < 4.78 is 34.1. The van der Waals surface area contributed by atoms with Gasteiger partial charge in [0.2, 0.25) is 0 Å². The number of hydrogen-bond acceptors (Lipinski definition) is 4. The van der Waals surface area contributed by atoms with Gasteiger partial charge in [0, 0.05) is 10.4 Å². The molecular formula is ClNaO4SSr. The maximum Gasteiger partial charge on any atom is 2.00 e. The first-order valence-corrected chi connectivity index (χ1v) is 2.00. The van der Waals surface area contributed by atoms with Crippen LogP contribution in [-0.2, 0) is 10.4 Å². The Bertz CT molecular complexity index is 99.2. The van der Waals surface area contributed by atoms with E-state index in [-0.39, 0.29) is 87.4 Å². The Morgan fingerprint density at radius 3 is 1.12 bits per heavy atom. The van der Waals surface area contributed by atoms with Gasteiger partial charge in [0.05, 0.1) is 0 Å². The summed E-state index contributed by atoms with van der Waals surface area (Å²) in [6, 6.07) is 0. The van der Waals surface area contributed by atoms with Crippen LogP contribution in [0.25, 0.3) is 0 Å². The maximum atomic E-state index is 8.52. The van der Waals surface area contributed by atoms with Crippen molar-refractivity contribution in [2.24, 2.45) is 0 Å². The first-order chi connectivity index (χ1) is 2.00. The summed E-state index contributed by atoms with van der Waals surface area (Å²) in [6.45, 7) is 0. The van der Waals surface area contributed by atoms with E-state index in [2.05, 4.69) is 0 Å². The first kappa shape index (κ1) is 22.4. The Kier molecular flexibility index (Phi) is 27.0. The zero-order valence-electron chi connectivity index (χ0n) is 4.13. The van der Waals surface area contributed by atoms with E-state index in [1.807, 2.05) is 0 Å². The van der Waals surface area contributed by atoms with E-state index >= 15 is 0 Å². The molecule has 0 rings (SSSR count). The molecule has 0 aliphatic carbocycles. The van der Waals surface area contributed by atoms with Crippen LogP contribution in [0.3, 0.4) is 0 Å². The van der Waals surface area contributed by atoms with Gasteiger partial charge >= 0.3 is 75.0 Å². The summed E-state index contributed by atoms with van der Waals surface area (Å²) in [5.41, 5.74) is 0. The monoisotopic (exact) mass is 242 g/mol. The summed E-state index contributed by atoms with van der Waals surface area (Å²) in [6.07, 6.45) is 0. The molecule has 0 radical (unpaired) electrons. The van der Waals surface area contributed by atoms with Crippen molar-refractivity contribution in [1.82, 2.24) is 0 Å². The Hall–Kier alpha value is 2.64. The molecule has 0 spiro atoms. The van der Waals surface area contributed by atoms with Crippen LogP contribution in [0, 0.1) is 0 Å². The molecule has 40 valence electrons. The smallest absolute Gasteiger partial charge is 1.00 e. The fourth-order valence-electron chi connectivity index (χ4n) is 0. The van der Waals surface area contributed by atoms with Gasteiger partial charge in [-0.15, -0.1) is 0 Å². The van der Waals surface area contributed by atoms with E-state index in [1.54, 1.807) is 0 Å². The van der Waals surface area contributed by atoms with Crippen molar-refractivity contribution >= 4 is 55.9 Å². The van der Waals surface area contributed by atoms with E-state index in [0.717, 1.165) is 0 Å². The van der Waals surface area contributed by atoms with E-state index in [0.29, 0.717) is 0 Å². The van der Waals surface area contributed by atoms with Gasteiger partial charge < -0.3 is 21.5 Å². The predicted octanol–water partition coefficient (Wildman–Crippen LogP) is -7.71. The number of rotatable bonds is 0. The SMILES string of the molecule is O=S(=O)([O-])[O-].[Cl-].[Na+].[Sr+2]. The number of hydrogen-bond donors (Lipinski definition) is 0. The third kappa shape index (κ3) is 72.3. The molecule has 0 atom stereocenters. The summed E-state index contributed by atoms with van der Waals surface area (Å²) >= 11 is 0. The van der Waals surface area contributed by atoms with Crippen LogP contribution in [0.1, 0.15) is 0 Å². The van der Waals surface area contributed by atoms with E-state index in [4.69, 9.17) is 17.5 Å². The third-order valence-electron chi connectivity index (χ3n) is 0. The molecule has 0 unspecified atom stereocenters. The van der Waals surface area contributed by atoms with Crippen LogP contribution < -0.4 is 42.0 Å². The Balaban J connectivity index is -0.0000000267. The van der Waals surface area contributed by atoms with E-state index in [1.165, 1.54) is 0 Å². The second kappa shape index (κ2) is 9.64. The van der Waals surface area contributed by atoms with Crippen molar-refractivity contribution in [2.75, 3.05) is 0 Å². The van der Waals surface area contributed by atoms with Crippen molar-refractivity contribution < 1.29 is 59.5 Å². The molecule has 0 saturated heterocycles. The molecule has 0 aromatic carbocycles. The molecule has 0 bridgehead atoms. The largest absolute Gasteiger partial charge is 2.00 e. The van der Waals surface area contributed by atoms with Gasteiger partial charge in [0.15, 0.2) is 0 Å². The van der Waals surface area contributed by atoms with Crippen molar-refractivity contribution in [3.63, 3.8) is 0 Å². The molecule has 0 aliphatic heterocycles. The second-order valence-electron chi connectivity index (χ2n) is 0.408. The standard InChI is InChI=1S/ClH.Na.H2O4S.Sr/c;;1-5(2,3)4;/h1H;;(H2,1,2,3,4);/q;+1;;+2/p-3. The van der Waals surface area contributed by atoms with Crippen LogP contribution in [0.4, 0.5) is 0 Å². The molecule has 0 heterocycles. The predicted molar refractivity (Wildman–Crippen MR) is 16.2 cm³/mol. The minimum Gasteiger partial charge on any atom is -1.00 e. The van der Waals surface area contributed by atoms with Gasteiger partial charge in [0.1, 0.15) is 0 Å². The van der Waals surface area contributed by atoms with Crippen molar-refractivity contribution in [2.45, 2.75) is 0 Å². The van der Waals surface area contributed by atoms with E-state index < -0.39 is 10.4 Å². The topological polar surface area (TPSA) is 80.3 Å². The zero-order chi connectivity index (χ0) is 4.50. The Morgan fingerprint density at radius 2 is 1.12 bits per heavy atom. The molecule has 8 heavy (non-hydrogen) atoms. The summed E-state index contributed by atoms with van der Waals surface area (Å²) in [5, 5.41) is 0. The Labute approximate surface area is 113 Å². The molecule has 4 nitrogen and oxygen atoms in total. The summed E-state index contributed by atoms with van der Waals surface area (Å²) in [5.74, 6) is 0. The zero-order valence-corrected chi connectivity index (χ0v) is 11.2. The molecule has 0 aliphatic rings. The minimum atomic E-state index is -5.17. The van der Waals surface area contributed by atoms with Gasteiger partial charge in [-0.2, -0.15) is 0 Å². The van der Waals surface area contributed by atoms with Crippen LogP contribution in [-0.4, -0.2) is 63.0 Å². The quantitative estimate of drug-likeness (QED) is 0.240. The van der Waals surface area contributed by atoms with Crippen LogP contribution in [0.5, 0.6) is 0 Å². The van der Waals surface area contributed by atoms with Crippen LogP contribution in [0.15, 0.2) is 0 Å². The van der Waals surface area contributed by atoms with Crippen molar-refractivity contribution in [1.29, 1.82) is 0 Å². The third-order valence-corrected chi connectivity index (χ3v) is 0. The van der Waals surface area contributed by atoms with Gasteiger partial charge in [-0.1, -0.05) is 0 Å². The van der Waals surface area contributed by atoms with E-state index in [9.17, 15) is 0 Å². The van der Waals surface area contributed by atoms with Gasteiger partial charge in [-0.3, -0.25) is 8.42 Å². The summed E-state index contributed by atoms with van der Waals surface area (Å²) in [4.78, 5) is 0. The average molecular weight is 242 g/mol. The minimum absolute atomic E-state index is 0. The molecule has 0 N–H and O–H groups in total. The molecule has 0 aromatic heterocycles. The molecule has 0 aromatic rings.